The molecular weight excluding hydrogens is 386 g/mol. The molecule has 3 heterocycles. The summed E-state index contributed by atoms with van der Waals surface area (Å²) in [7, 11) is 0. The molecule has 1 aromatic rings. The highest BCUT2D eigenvalue weighted by Gasteiger charge is 2.58. The maximum Gasteiger partial charge on any atom is 0.224 e. The Morgan fingerprint density at radius 1 is 1.14 bits per heavy atom. The molecule has 7 nitrogen and oxygen atoms in total. The fourth-order valence-electron chi connectivity index (χ4n) is 3.96. The lowest BCUT2D eigenvalue weighted by Crippen LogP contribution is -2.52. The third-order valence-electron chi connectivity index (χ3n) is 5.07. The van der Waals surface area contributed by atoms with Gasteiger partial charge < -0.3 is 29.0 Å². The molecule has 28 heavy (non-hydrogen) atoms. The summed E-state index contributed by atoms with van der Waals surface area (Å²) in [6.07, 6.45) is -1.54. The minimum absolute atomic E-state index is 0.145. The molecule has 8 heteroatoms. The second-order valence-electron chi connectivity index (χ2n) is 8.34. The lowest BCUT2D eigenvalue weighted by Gasteiger charge is -2.29. The van der Waals surface area contributed by atoms with Crippen molar-refractivity contribution in [3.05, 3.63) is 34.9 Å². The van der Waals surface area contributed by atoms with Gasteiger partial charge in [0, 0.05) is 5.02 Å². The quantitative estimate of drug-likeness (QED) is 0.820. The standard InChI is InChI=1S/C20H26ClNO6/c1-19(2)24-10-13(26-19)16-15(17-18(25-16)28-20(3,4)27-17)22-14(23)9-11-6-5-7-12(21)8-11/h5-8,13,15-18H,9-10H2,1-4H3,(H,22,23)/t13?,15-,16-,17-,18-/m1/s1. The first-order valence-corrected chi connectivity index (χ1v) is 9.86. The van der Waals surface area contributed by atoms with Crippen molar-refractivity contribution in [3.63, 3.8) is 0 Å². The molecule has 1 amide bonds. The predicted molar refractivity (Wildman–Crippen MR) is 101 cm³/mol. The van der Waals surface area contributed by atoms with Gasteiger partial charge in [-0.1, -0.05) is 23.7 Å². The Balaban J connectivity index is 1.49. The van der Waals surface area contributed by atoms with Crippen molar-refractivity contribution in [1.29, 1.82) is 0 Å². The van der Waals surface area contributed by atoms with E-state index in [2.05, 4.69) is 5.32 Å². The number of halogens is 1. The van der Waals surface area contributed by atoms with Crippen molar-refractivity contribution in [3.8, 4) is 0 Å². The molecule has 0 radical (unpaired) electrons. The molecule has 0 spiro atoms. The van der Waals surface area contributed by atoms with E-state index in [-0.39, 0.29) is 18.4 Å². The van der Waals surface area contributed by atoms with Crippen LogP contribution in [0.15, 0.2) is 24.3 Å². The van der Waals surface area contributed by atoms with Crippen LogP contribution in [-0.2, 0) is 34.9 Å². The van der Waals surface area contributed by atoms with Crippen LogP contribution in [0.1, 0.15) is 33.3 Å². The summed E-state index contributed by atoms with van der Waals surface area (Å²) in [5.74, 6) is -1.61. The van der Waals surface area contributed by atoms with Gasteiger partial charge in [0.1, 0.15) is 18.3 Å². The van der Waals surface area contributed by atoms with Gasteiger partial charge in [0.25, 0.3) is 0 Å². The van der Waals surface area contributed by atoms with Crippen molar-refractivity contribution in [2.75, 3.05) is 6.61 Å². The van der Waals surface area contributed by atoms with Crippen LogP contribution in [0.3, 0.4) is 0 Å². The average Bonchev–Trinajstić information content (AvgIpc) is 3.18. The number of benzene rings is 1. The smallest absolute Gasteiger partial charge is 0.224 e. The predicted octanol–water partition coefficient (Wildman–Crippen LogP) is 2.40. The lowest BCUT2D eigenvalue weighted by atomic mass is 10.0. The van der Waals surface area contributed by atoms with E-state index >= 15 is 0 Å². The molecule has 1 aromatic carbocycles. The van der Waals surface area contributed by atoms with Crippen LogP contribution in [0.4, 0.5) is 0 Å². The summed E-state index contributed by atoms with van der Waals surface area (Å²) in [6, 6.07) is 6.83. The molecule has 0 bridgehead atoms. The molecule has 3 saturated heterocycles. The van der Waals surface area contributed by atoms with Gasteiger partial charge in [-0.2, -0.15) is 0 Å². The van der Waals surface area contributed by atoms with E-state index in [0.717, 1.165) is 5.56 Å². The molecule has 4 rings (SSSR count). The number of fused-ring (bicyclic) bond motifs is 1. The largest absolute Gasteiger partial charge is 0.348 e. The van der Waals surface area contributed by atoms with E-state index in [0.29, 0.717) is 11.6 Å². The maximum absolute atomic E-state index is 12.7. The van der Waals surface area contributed by atoms with E-state index in [4.69, 9.17) is 35.3 Å². The summed E-state index contributed by atoms with van der Waals surface area (Å²) < 4.78 is 29.6. The van der Waals surface area contributed by atoms with Gasteiger partial charge in [0.05, 0.1) is 19.1 Å². The third-order valence-corrected chi connectivity index (χ3v) is 5.30. The van der Waals surface area contributed by atoms with Crippen molar-refractivity contribution in [2.45, 2.75) is 76.3 Å². The highest BCUT2D eigenvalue weighted by Crippen LogP contribution is 2.40. The zero-order valence-corrected chi connectivity index (χ0v) is 17.2. The molecule has 0 aromatic heterocycles. The summed E-state index contributed by atoms with van der Waals surface area (Å²) in [4.78, 5) is 12.7. The first kappa shape index (κ1) is 20.1. The number of carbonyl (C=O) groups excluding carboxylic acids is 1. The van der Waals surface area contributed by atoms with E-state index in [1.807, 2.05) is 39.8 Å². The molecule has 1 N–H and O–H groups in total. The normalized spacial score (nSPS) is 35.7. The van der Waals surface area contributed by atoms with Crippen molar-refractivity contribution >= 4 is 17.5 Å². The average molecular weight is 412 g/mol. The zero-order chi connectivity index (χ0) is 20.1. The second-order valence-corrected chi connectivity index (χ2v) is 8.77. The Morgan fingerprint density at radius 2 is 1.93 bits per heavy atom. The molecule has 3 fully saturated rings. The Bertz CT molecular complexity index is 754. The van der Waals surface area contributed by atoms with Crippen LogP contribution < -0.4 is 5.32 Å². The Kier molecular flexibility index (Phi) is 5.18. The van der Waals surface area contributed by atoms with E-state index in [9.17, 15) is 4.79 Å². The number of hydrogen-bond acceptors (Lipinski definition) is 6. The summed E-state index contributed by atoms with van der Waals surface area (Å²) in [6.45, 7) is 7.73. The molecular formula is C20H26ClNO6. The van der Waals surface area contributed by atoms with Crippen molar-refractivity contribution in [1.82, 2.24) is 5.32 Å². The van der Waals surface area contributed by atoms with Crippen LogP contribution in [0, 0.1) is 0 Å². The van der Waals surface area contributed by atoms with Gasteiger partial charge in [0.2, 0.25) is 5.91 Å². The highest BCUT2D eigenvalue weighted by atomic mass is 35.5. The third kappa shape index (κ3) is 4.20. The number of hydrogen-bond donors (Lipinski definition) is 1. The summed E-state index contributed by atoms with van der Waals surface area (Å²) >= 11 is 6.02. The van der Waals surface area contributed by atoms with Crippen LogP contribution in [0.2, 0.25) is 5.02 Å². The molecule has 1 unspecified atom stereocenters. The monoisotopic (exact) mass is 411 g/mol. The highest BCUT2D eigenvalue weighted by molar-refractivity contribution is 6.30. The minimum Gasteiger partial charge on any atom is -0.348 e. The van der Waals surface area contributed by atoms with Gasteiger partial charge >= 0.3 is 0 Å². The van der Waals surface area contributed by atoms with Gasteiger partial charge in [-0.15, -0.1) is 0 Å². The van der Waals surface area contributed by atoms with Crippen LogP contribution in [-0.4, -0.2) is 54.7 Å². The van der Waals surface area contributed by atoms with Crippen molar-refractivity contribution < 1.29 is 28.5 Å². The van der Waals surface area contributed by atoms with E-state index in [1.165, 1.54) is 0 Å². The van der Waals surface area contributed by atoms with Crippen LogP contribution >= 0.6 is 11.6 Å². The first-order chi connectivity index (χ1) is 13.1. The van der Waals surface area contributed by atoms with Crippen molar-refractivity contribution in [2.24, 2.45) is 0 Å². The number of ether oxygens (including phenoxy) is 5. The van der Waals surface area contributed by atoms with Gasteiger partial charge in [-0.25, -0.2) is 0 Å². The van der Waals surface area contributed by atoms with E-state index < -0.39 is 36.1 Å². The molecule has 5 atom stereocenters. The maximum atomic E-state index is 12.7. The number of carbonyl (C=O) groups is 1. The number of nitrogens with one attached hydrogen (secondary N) is 1. The van der Waals surface area contributed by atoms with Gasteiger partial charge in [-0.3, -0.25) is 4.79 Å². The minimum atomic E-state index is -0.775. The van der Waals surface area contributed by atoms with Crippen LogP contribution in [0.5, 0.6) is 0 Å². The fourth-order valence-corrected chi connectivity index (χ4v) is 4.17. The SMILES string of the molecule is CC1(C)OCC([C@H]2O[C@@H]3OC(C)(C)O[C@@H]3[C@@H]2NC(=O)Cc2cccc(Cl)c2)O1. The zero-order valence-electron chi connectivity index (χ0n) is 16.4. The first-order valence-electron chi connectivity index (χ1n) is 9.49. The molecule has 3 aliphatic heterocycles. The number of rotatable bonds is 4. The molecule has 154 valence electrons. The fraction of sp³-hybridized carbons (Fsp3) is 0.650. The second kappa shape index (κ2) is 7.23. The van der Waals surface area contributed by atoms with Crippen LogP contribution in [0.25, 0.3) is 0 Å². The molecule has 0 aliphatic carbocycles. The summed E-state index contributed by atoms with van der Waals surface area (Å²) in [5.41, 5.74) is 0.836. The Labute approximate surface area is 169 Å². The molecule has 3 aliphatic rings. The van der Waals surface area contributed by atoms with E-state index in [1.54, 1.807) is 12.1 Å². The topological polar surface area (TPSA) is 75.3 Å². The molecule has 0 saturated carbocycles. The Morgan fingerprint density at radius 3 is 2.61 bits per heavy atom. The Hall–Kier alpha value is -1.22. The number of amides is 1. The van der Waals surface area contributed by atoms with Gasteiger partial charge in [0.15, 0.2) is 17.9 Å². The van der Waals surface area contributed by atoms with Gasteiger partial charge in [-0.05, 0) is 45.4 Å². The summed E-state index contributed by atoms with van der Waals surface area (Å²) in [5, 5.41) is 3.66. The lowest BCUT2D eigenvalue weighted by molar-refractivity contribution is -0.223.